The molecule has 0 bridgehead atoms. The topological polar surface area (TPSA) is 96.3 Å². The van der Waals surface area contributed by atoms with Crippen molar-refractivity contribution in [3.8, 4) is 11.5 Å². The molecule has 0 saturated heterocycles. The van der Waals surface area contributed by atoms with E-state index in [0.29, 0.717) is 22.7 Å². The Kier molecular flexibility index (Phi) is 4.02. The van der Waals surface area contributed by atoms with Gasteiger partial charge in [0.05, 0.1) is 14.2 Å². The third kappa shape index (κ3) is 2.41. The highest BCUT2D eigenvalue weighted by atomic mass is 16.5. The van der Waals surface area contributed by atoms with Crippen LogP contribution < -0.4 is 14.8 Å². The maximum Gasteiger partial charge on any atom is 0.241 e. The quantitative estimate of drug-likeness (QED) is 0.518. The van der Waals surface area contributed by atoms with Gasteiger partial charge in [-0.25, -0.2) is 0 Å². The van der Waals surface area contributed by atoms with Crippen molar-refractivity contribution >= 4 is 11.6 Å². The van der Waals surface area contributed by atoms with Crippen molar-refractivity contribution in [3.05, 3.63) is 64.0 Å². The number of benzene rings is 2. The molecule has 7 heteroatoms. The van der Waals surface area contributed by atoms with Crippen LogP contribution >= 0.6 is 0 Å². The number of azide groups is 1. The molecule has 2 aromatic carbocycles. The molecule has 3 rings (SSSR count). The molecule has 24 heavy (non-hydrogen) atoms. The number of hydrogen-bond donors (Lipinski definition) is 1. The number of nitrogens with zero attached hydrogens (tertiary/aromatic N) is 3. The molecular weight excluding hydrogens is 308 g/mol. The number of ether oxygens (including phenoxy) is 2. The lowest BCUT2D eigenvalue weighted by Crippen LogP contribution is -2.34. The fraction of sp³-hybridized carbons (Fsp3) is 0.235. The maximum atomic E-state index is 12.6. The molecule has 0 radical (unpaired) electrons. The van der Waals surface area contributed by atoms with Crippen LogP contribution in [0.2, 0.25) is 0 Å². The molecule has 1 heterocycles. The second-order valence-corrected chi connectivity index (χ2v) is 5.42. The predicted octanol–water partition coefficient (Wildman–Crippen LogP) is 3.40. The smallest absolute Gasteiger partial charge is 0.241 e. The summed E-state index contributed by atoms with van der Waals surface area (Å²) < 4.78 is 10.5. The van der Waals surface area contributed by atoms with E-state index in [-0.39, 0.29) is 12.3 Å². The van der Waals surface area contributed by atoms with Crippen molar-refractivity contribution in [2.45, 2.75) is 12.0 Å². The summed E-state index contributed by atoms with van der Waals surface area (Å²) in [5.74, 6) is 0.810. The monoisotopic (exact) mass is 324 g/mol. The standard InChI is InChI=1S/C17H16N4O3/c1-23-14-8-7-11(9-15(14)24-2)10-17(20-21-18)12-5-3-4-6-13(12)19-16(17)22/h3-9H,10H2,1-2H3,(H,19,22). The van der Waals surface area contributed by atoms with Crippen LogP contribution in [0.15, 0.2) is 47.6 Å². The van der Waals surface area contributed by atoms with E-state index in [9.17, 15) is 4.79 Å². The molecule has 1 aliphatic rings. The Morgan fingerprint density at radius 3 is 2.62 bits per heavy atom. The lowest BCUT2D eigenvalue weighted by Gasteiger charge is -2.22. The molecule has 1 N–H and O–H groups in total. The van der Waals surface area contributed by atoms with E-state index in [1.807, 2.05) is 18.2 Å². The molecule has 0 spiro atoms. The van der Waals surface area contributed by atoms with Crippen molar-refractivity contribution in [1.82, 2.24) is 0 Å². The molecular formula is C17H16N4O3. The van der Waals surface area contributed by atoms with E-state index >= 15 is 0 Å². The van der Waals surface area contributed by atoms with Gasteiger partial charge in [-0.1, -0.05) is 29.4 Å². The first-order chi connectivity index (χ1) is 11.6. The van der Waals surface area contributed by atoms with Crippen LogP contribution in [0.25, 0.3) is 10.4 Å². The zero-order chi connectivity index (χ0) is 17.2. The summed E-state index contributed by atoms with van der Waals surface area (Å²) in [6.07, 6.45) is 0.222. The van der Waals surface area contributed by atoms with Gasteiger partial charge in [-0.2, -0.15) is 0 Å². The summed E-state index contributed by atoms with van der Waals surface area (Å²) in [6.45, 7) is 0. The van der Waals surface area contributed by atoms with Crippen LogP contribution in [-0.4, -0.2) is 20.1 Å². The minimum Gasteiger partial charge on any atom is -0.493 e. The van der Waals surface area contributed by atoms with Crippen LogP contribution in [-0.2, 0) is 16.8 Å². The van der Waals surface area contributed by atoms with Crippen molar-refractivity contribution in [2.75, 3.05) is 19.5 Å². The van der Waals surface area contributed by atoms with E-state index in [2.05, 4.69) is 15.3 Å². The number of fused-ring (bicyclic) bond motifs is 1. The van der Waals surface area contributed by atoms with Crippen LogP contribution in [0.5, 0.6) is 11.5 Å². The highest BCUT2D eigenvalue weighted by Gasteiger charge is 2.46. The van der Waals surface area contributed by atoms with Gasteiger partial charge in [0, 0.05) is 10.6 Å². The highest BCUT2D eigenvalue weighted by Crippen LogP contribution is 2.42. The SMILES string of the molecule is COc1ccc(CC2(N=[N+]=[N-])C(=O)Nc3ccccc32)cc1OC. The molecule has 1 atom stereocenters. The number of methoxy groups -OCH3 is 2. The third-order valence-electron chi connectivity index (χ3n) is 4.12. The summed E-state index contributed by atoms with van der Waals surface area (Å²) in [4.78, 5) is 15.5. The number of carbonyl (C=O) groups is 1. The molecule has 0 fully saturated rings. The highest BCUT2D eigenvalue weighted by molar-refractivity contribution is 6.06. The predicted molar refractivity (Wildman–Crippen MR) is 89.1 cm³/mol. The molecule has 122 valence electrons. The van der Waals surface area contributed by atoms with Crippen LogP contribution in [0.3, 0.4) is 0 Å². The zero-order valence-electron chi connectivity index (χ0n) is 13.3. The first-order valence-corrected chi connectivity index (χ1v) is 7.32. The van der Waals surface area contributed by atoms with Gasteiger partial charge >= 0.3 is 0 Å². The Bertz CT molecular complexity index is 845. The average Bonchev–Trinajstić information content (AvgIpc) is 2.87. The first kappa shape index (κ1) is 15.7. The molecule has 1 amide bonds. The van der Waals surface area contributed by atoms with Gasteiger partial charge in [-0.15, -0.1) is 0 Å². The minimum absolute atomic E-state index is 0.222. The Morgan fingerprint density at radius 1 is 1.17 bits per heavy atom. The molecule has 2 aromatic rings. The second-order valence-electron chi connectivity index (χ2n) is 5.42. The van der Waals surface area contributed by atoms with Gasteiger partial charge < -0.3 is 14.8 Å². The van der Waals surface area contributed by atoms with Gasteiger partial charge in [0.25, 0.3) is 0 Å². The molecule has 7 nitrogen and oxygen atoms in total. The molecule has 0 aromatic heterocycles. The summed E-state index contributed by atoms with van der Waals surface area (Å²) >= 11 is 0. The maximum absolute atomic E-state index is 12.6. The number of amides is 1. The minimum atomic E-state index is -1.31. The van der Waals surface area contributed by atoms with E-state index in [0.717, 1.165) is 5.56 Å². The van der Waals surface area contributed by atoms with Crippen molar-refractivity contribution < 1.29 is 14.3 Å². The lowest BCUT2D eigenvalue weighted by molar-refractivity contribution is -0.120. The summed E-state index contributed by atoms with van der Waals surface area (Å²) in [5.41, 5.74) is 9.84. The van der Waals surface area contributed by atoms with E-state index in [1.54, 1.807) is 38.5 Å². The Morgan fingerprint density at radius 2 is 1.92 bits per heavy atom. The molecule has 0 aliphatic carbocycles. The van der Waals surface area contributed by atoms with Gasteiger partial charge in [0.1, 0.15) is 0 Å². The fourth-order valence-electron chi connectivity index (χ4n) is 2.97. The van der Waals surface area contributed by atoms with Crippen molar-refractivity contribution in [1.29, 1.82) is 0 Å². The number of carbonyl (C=O) groups excluding carboxylic acids is 1. The lowest BCUT2D eigenvalue weighted by atomic mass is 9.85. The van der Waals surface area contributed by atoms with Gasteiger partial charge in [0.2, 0.25) is 5.91 Å². The van der Waals surface area contributed by atoms with E-state index in [4.69, 9.17) is 15.0 Å². The number of para-hydroxylation sites is 1. The third-order valence-corrected chi connectivity index (χ3v) is 4.12. The largest absolute Gasteiger partial charge is 0.493 e. The average molecular weight is 324 g/mol. The van der Waals surface area contributed by atoms with Gasteiger partial charge in [-0.05, 0) is 41.3 Å². The van der Waals surface area contributed by atoms with E-state index in [1.165, 1.54) is 0 Å². The summed E-state index contributed by atoms with van der Waals surface area (Å²) in [5, 5.41) is 6.65. The van der Waals surface area contributed by atoms with Crippen molar-refractivity contribution in [3.63, 3.8) is 0 Å². The normalized spacial score (nSPS) is 18.3. The molecule has 0 saturated carbocycles. The van der Waals surface area contributed by atoms with E-state index < -0.39 is 5.54 Å². The van der Waals surface area contributed by atoms with Gasteiger partial charge in [-0.3, -0.25) is 4.79 Å². The first-order valence-electron chi connectivity index (χ1n) is 7.32. The van der Waals surface area contributed by atoms with Crippen LogP contribution in [0.4, 0.5) is 5.69 Å². The molecule has 1 aliphatic heterocycles. The second kappa shape index (κ2) is 6.14. The van der Waals surface area contributed by atoms with Crippen molar-refractivity contribution in [2.24, 2.45) is 5.11 Å². The Hall–Kier alpha value is -3.18. The molecule has 1 unspecified atom stereocenters. The Labute approximate surface area is 138 Å². The number of anilines is 1. The summed E-state index contributed by atoms with van der Waals surface area (Å²) in [6, 6.07) is 12.6. The number of rotatable bonds is 5. The number of hydrogen-bond acceptors (Lipinski definition) is 4. The fourth-order valence-corrected chi connectivity index (χ4v) is 2.97. The summed E-state index contributed by atoms with van der Waals surface area (Å²) in [7, 11) is 3.10. The van der Waals surface area contributed by atoms with Crippen LogP contribution in [0.1, 0.15) is 11.1 Å². The van der Waals surface area contributed by atoms with Crippen LogP contribution in [0, 0.1) is 0 Å². The Balaban J connectivity index is 2.08. The zero-order valence-corrected chi connectivity index (χ0v) is 13.3. The van der Waals surface area contributed by atoms with Gasteiger partial charge in [0.15, 0.2) is 17.0 Å². The number of nitrogens with one attached hydrogen (secondary N) is 1.